The van der Waals surface area contributed by atoms with Crippen LogP contribution in [0.3, 0.4) is 0 Å². The Kier molecular flexibility index (Phi) is 4.31. The SMILES string of the molecule is CCN(C(=O)c1cc2cccc(Br)c2o1)c1ccc(Br)cn1. The van der Waals surface area contributed by atoms with Crippen LogP contribution in [0, 0.1) is 0 Å². The molecule has 0 aliphatic carbocycles. The van der Waals surface area contributed by atoms with Crippen molar-refractivity contribution in [3.63, 3.8) is 0 Å². The first-order valence-electron chi connectivity index (χ1n) is 6.71. The van der Waals surface area contributed by atoms with Crippen molar-refractivity contribution in [3.05, 3.63) is 57.3 Å². The van der Waals surface area contributed by atoms with Gasteiger partial charge in [-0.3, -0.25) is 9.69 Å². The van der Waals surface area contributed by atoms with Gasteiger partial charge in [0, 0.05) is 22.6 Å². The molecule has 0 atom stereocenters. The first-order chi connectivity index (χ1) is 10.6. The van der Waals surface area contributed by atoms with Crippen molar-refractivity contribution in [2.24, 2.45) is 0 Å². The van der Waals surface area contributed by atoms with Crippen molar-refractivity contribution in [2.45, 2.75) is 6.92 Å². The molecule has 0 saturated carbocycles. The Morgan fingerprint density at radius 1 is 1.27 bits per heavy atom. The molecule has 2 aromatic heterocycles. The maximum absolute atomic E-state index is 12.7. The number of aromatic nitrogens is 1. The number of carbonyl (C=O) groups excluding carboxylic acids is 1. The van der Waals surface area contributed by atoms with Crippen LogP contribution in [0.25, 0.3) is 11.0 Å². The van der Waals surface area contributed by atoms with Gasteiger partial charge in [0.2, 0.25) is 0 Å². The molecule has 0 unspecified atom stereocenters. The van der Waals surface area contributed by atoms with E-state index in [4.69, 9.17) is 4.42 Å². The van der Waals surface area contributed by atoms with Crippen LogP contribution in [0.15, 0.2) is 56.0 Å². The lowest BCUT2D eigenvalue weighted by Crippen LogP contribution is -2.31. The third-order valence-corrected chi connectivity index (χ3v) is 4.35. The highest BCUT2D eigenvalue weighted by molar-refractivity contribution is 9.11. The fourth-order valence-electron chi connectivity index (χ4n) is 2.20. The molecule has 22 heavy (non-hydrogen) atoms. The number of hydrogen-bond donors (Lipinski definition) is 0. The zero-order valence-corrected chi connectivity index (χ0v) is 14.9. The van der Waals surface area contributed by atoms with Crippen LogP contribution >= 0.6 is 31.9 Å². The molecule has 0 saturated heterocycles. The summed E-state index contributed by atoms with van der Waals surface area (Å²) in [7, 11) is 0. The van der Waals surface area contributed by atoms with Crippen molar-refractivity contribution in [2.75, 3.05) is 11.4 Å². The van der Waals surface area contributed by atoms with Gasteiger partial charge in [0.05, 0.1) is 4.47 Å². The summed E-state index contributed by atoms with van der Waals surface area (Å²) in [4.78, 5) is 18.6. The van der Waals surface area contributed by atoms with Crippen molar-refractivity contribution in [1.29, 1.82) is 0 Å². The number of halogens is 2. The van der Waals surface area contributed by atoms with Gasteiger partial charge in [0.15, 0.2) is 5.76 Å². The van der Waals surface area contributed by atoms with E-state index in [0.717, 1.165) is 14.3 Å². The molecule has 0 bridgehead atoms. The fourth-order valence-corrected chi connectivity index (χ4v) is 2.90. The maximum Gasteiger partial charge on any atom is 0.295 e. The normalized spacial score (nSPS) is 10.9. The molecule has 2 heterocycles. The van der Waals surface area contributed by atoms with E-state index in [-0.39, 0.29) is 5.91 Å². The molecule has 1 aromatic carbocycles. The summed E-state index contributed by atoms with van der Waals surface area (Å²) in [5.41, 5.74) is 0.672. The molecule has 1 amide bonds. The van der Waals surface area contributed by atoms with E-state index >= 15 is 0 Å². The maximum atomic E-state index is 12.7. The minimum atomic E-state index is -0.208. The van der Waals surface area contributed by atoms with E-state index in [9.17, 15) is 4.79 Å². The van der Waals surface area contributed by atoms with Crippen LogP contribution in [0.1, 0.15) is 17.5 Å². The molecule has 3 rings (SSSR count). The minimum Gasteiger partial charge on any atom is -0.450 e. The van der Waals surface area contributed by atoms with Gasteiger partial charge in [0.1, 0.15) is 11.4 Å². The van der Waals surface area contributed by atoms with Crippen LogP contribution in [0.4, 0.5) is 5.82 Å². The predicted octanol–water partition coefficient (Wildman–Crippen LogP) is 5.02. The number of anilines is 1. The summed E-state index contributed by atoms with van der Waals surface area (Å²) in [5.74, 6) is 0.684. The Bertz CT molecular complexity index is 828. The van der Waals surface area contributed by atoms with Crippen LogP contribution < -0.4 is 4.90 Å². The highest BCUT2D eigenvalue weighted by Crippen LogP contribution is 2.28. The largest absolute Gasteiger partial charge is 0.450 e. The zero-order valence-electron chi connectivity index (χ0n) is 11.7. The molecule has 0 fully saturated rings. The minimum absolute atomic E-state index is 0.208. The topological polar surface area (TPSA) is 46.3 Å². The second-order valence-corrected chi connectivity index (χ2v) is 6.42. The summed E-state index contributed by atoms with van der Waals surface area (Å²) >= 11 is 6.77. The van der Waals surface area contributed by atoms with Crippen molar-refractivity contribution < 1.29 is 9.21 Å². The van der Waals surface area contributed by atoms with Crippen molar-refractivity contribution >= 4 is 54.6 Å². The van der Waals surface area contributed by atoms with E-state index in [2.05, 4.69) is 36.8 Å². The fraction of sp³-hybridized carbons (Fsp3) is 0.125. The number of benzene rings is 1. The van der Waals surface area contributed by atoms with Crippen LogP contribution in [0.5, 0.6) is 0 Å². The Morgan fingerprint density at radius 3 is 2.73 bits per heavy atom. The van der Waals surface area contributed by atoms with Gasteiger partial charge >= 0.3 is 0 Å². The zero-order chi connectivity index (χ0) is 15.7. The molecule has 0 aliphatic rings. The number of fused-ring (bicyclic) bond motifs is 1. The number of rotatable bonds is 3. The number of para-hydroxylation sites is 1. The number of nitrogens with zero attached hydrogens (tertiary/aromatic N) is 2. The van der Waals surface area contributed by atoms with Crippen LogP contribution in [-0.4, -0.2) is 17.4 Å². The first kappa shape index (κ1) is 15.2. The average molecular weight is 424 g/mol. The van der Waals surface area contributed by atoms with Gasteiger partial charge in [-0.15, -0.1) is 0 Å². The molecular weight excluding hydrogens is 412 g/mol. The Hall–Kier alpha value is -1.66. The van der Waals surface area contributed by atoms with Gasteiger partial charge in [0.25, 0.3) is 5.91 Å². The number of amides is 1. The van der Waals surface area contributed by atoms with Crippen molar-refractivity contribution in [1.82, 2.24) is 4.98 Å². The lowest BCUT2D eigenvalue weighted by Gasteiger charge is -2.18. The number of pyridine rings is 1. The summed E-state index contributed by atoms with van der Waals surface area (Å²) in [5, 5.41) is 0.887. The first-order valence-corrected chi connectivity index (χ1v) is 8.30. The Labute approximate surface area is 144 Å². The van der Waals surface area contributed by atoms with Crippen LogP contribution in [-0.2, 0) is 0 Å². The number of carbonyl (C=O) groups is 1. The summed E-state index contributed by atoms with van der Waals surface area (Å²) in [6, 6.07) is 11.1. The molecule has 112 valence electrons. The van der Waals surface area contributed by atoms with Gasteiger partial charge in [-0.2, -0.15) is 0 Å². The number of hydrogen-bond acceptors (Lipinski definition) is 3. The molecule has 4 nitrogen and oxygen atoms in total. The monoisotopic (exact) mass is 422 g/mol. The molecule has 0 spiro atoms. The summed E-state index contributed by atoms with van der Waals surface area (Å²) in [6.45, 7) is 2.41. The van der Waals surface area contributed by atoms with E-state index in [0.29, 0.717) is 23.7 Å². The van der Waals surface area contributed by atoms with Gasteiger partial charge < -0.3 is 4.42 Å². The Balaban J connectivity index is 1.99. The smallest absolute Gasteiger partial charge is 0.295 e. The average Bonchev–Trinajstić information content (AvgIpc) is 2.95. The molecule has 0 N–H and O–H groups in total. The second kappa shape index (κ2) is 6.22. The lowest BCUT2D eigenvalue weighted by atomic mass is 10.2. The van der Waals surface area contributed by atoms with Gasteiger partial charge in [-0.1, -0.05) is 12.1 Å². The highest BCUT2D eigenvalue weighted by atomic mass is 79.9. The van der Waals surface area contributed by atoms with Gasteiger partial charge in [-0.05, 0) is 63.0 Å². The van der Waals surface area contributed by atoms with Crippen LogP contribution in [0.2, 0.25) is 0 Å². The second-order valence-electron chi connectivity index (χ2n) is 4.65. The third-order valence-electron chi connectivity index (χ3n) is 3.26. The van der Waals surface area contributed by atoms with E-state index in [1.165, 1.54) is 0 Å². The molecule has 0 aliphatic heterocycles. The Morgan fingerprint density at radius 2 is 2.09 bits per heavy atom. The lowest BCUT2D eigenvalue weighted by molar-refractivity contribution is 0.0963. The molecule has 6 heteroatoms. The summed E-state index contributed by atoms with van der Waals surface area (Å²) < 4.78 is 7.41. The van der Waals surface area contributed by atoms with E-state index < -0.39 is 0 Å². The van der Waals surface area contributed by atoms with Crippen molar-refractivity contribution in [3.8, 4) is 0 Å². The molecule has 0 radical (unpaired) electrons. The summed E-state index contributed by atoms with van der Waals surface area (Å²) in [6.07, 6.45) is 1.67. The van der Waals surface area contributed by atoms with E-state index in [1.54, 1.807) is 23.2 Å². The van der Waals surface area contributed by atoms with E-state index in [1.807, 2.05) is 31.2 Å². The third kappa shape index (κ3) is 2.80. The molecule has 3 aromatic rings. The van der Waals surface area contributed by atoms with Gasteiger partial charge in [-0.25, -0.2) is 4.98 Å². The quantitative estimate of drug-likeness (QED) is 0.594. The standard InChI is InChI=1S/C16H12Br2N2O2/c1-2-20(14-7-6-11(17)9-19-14)16(21)13-8-10-4-3-5-12(18)15(10)22-13/h3-9H,2H2,1H3. The molecular formula is C16H12Br2N2O2. The number of furan rings is 1. The highest BCUT2D eigenvalue weighted by Gasteiger charge is 2.21. The predicted molar refractivity (Wildman–Crippen MR) is 93.2 cm³/mol.